The maximum absolute atomic E-state index is 4.53. The molecule has 0 saturated heterocycles. The summed E-state index contributed by atoms with van der Waals surface area (Å²) in [5.41, 5.74) is 1.12. The predicted octanol–water partition coefficient (Wildman–Crippen LogP) is 4.14. The number of aryl methyl sites for hydroxylation is 1. The van der Waals surface area contributed by atoms with E-state index in [1.807, 2.05) is 25.7 Å². The van der Waals surface area contributed by atoms with Crippen molar-refractivity contribution in [1.82, 2.24) is 10.3 Å². The van der Waals surface area contributed by atoms with E-state index in [2.05, 4.69) is 55.9 Å². The molecule has 1 unspecified atom stereocenters. The van der Waals surface area contributed by atoms with Crippen molar-refractivity contribution in [2.45, 2.75) is 24.3 Å². The van der Waals surface area contributed by atoms with E-state index in [0.717, 1.165) is 22.3 Å². The molecule has 1 aromatic heterocycles. The third-order valence-electron chi connectivity index (χ3n) is 2.76. The fourth-order valence-electron chi connectivity index (χ4n) is 1.68. The second-order valence-corrected chi connectivity index (χ2v) is 7.29. The van der Waals surface area contributed by atoms with Gasteiger partial charge in [0.05, 0.1) is 5.01 Å². The first-order chi connectivity index (χ1) is 9.17. The van der Waals surface area contributed by atoms with E-state index < -0.39 is 0 Å². The third-order valence-corrected chi connectivity index (χ3v) is 5.45. The minimum absolute atomic E-state index is 0.458. The van der Waals surface area contributed by atoms with Gasteiger partial charge in [0.2, 0.25) is 0 Å². The van der Waals surface area contributed by atoms with Gasteiger partial charge in [-0.05, 0) is 38.2 Å². The van der Waals surface area contributed by atoms with Crippen LogP contribution in [0.5, 0.6) is 0 Å². The predicted molar refractivity (Wildman–Crippen MR) is 88.3 cm³/mol. The number of rotatable bonds is 6. The normalized spacial score (nSPS) is 12.6. The molecule has 0 radical (unpaired) electrons. The van der Waals surface area contributed by atoms with Crippen molar-refractivity contribution in [1.29, 1.82) is 0 Å². The van der Waals surface area contributed by atoms with Crippen molar-refractivity contribution in [3.05, 3.63) is 44.8 Å². The van der Waals surface area contributed by atoms with Gasteiger partial charge in [0.15, 0.2) is 0 Å². The Balaban J connectivity index is 1.87. The Morgan fingerprint density at radius 2 is 2.11 bits per heavy atom. The van der Waals surface area contributed by atoms with Crippen LogP contribution < -0.4 is 5.32 Å². The molecule has 5 heteroatoms. The molecule has 0 spiro atoms. The SMILES string of the molecule is CNC(CSc1ccc(Br)cc1)Cc1nc(C)cs1. The number of likely N-dealkylation sites (N-methyl/N-ethyl adjacent to an activating group) is 1. The van der Waals surface area contributed by atoms with Gasteiger partial charge < -0.3 is 5.32 Å². The zero-order valence-electron chi connectivity index (χ0n) is 11.0. The number of halogens is 1. The van der Waals surface area contributed by atoms with E-state index in [4.69, 9.17) is 0 Å². The lowest BCUT2D eigenvalue weighted by atomic mass is 10.2. The van der Waals surface area contributed by atoms with Gasteiger partial charge in [0.25, 0.3) is 0 Å². The van der Waals surface area contributed by atoms with Crippen LogP contribution in [-0.4, -0.2) is 23.8 Å². The number of thiazole rings is 1. The minimum Gasteiger partial charge on any atom is -0.316 e. The van der Waals surface area contributed by atoms with Gasteiger partial charge in [0, 0.05) is 38.7 Å². The molecule has 0 aliphatic rings. The lowest BCUT2D eigenvalue weighted by Crippen LogP contribution is -2.30. The number of aromatic nitrogens is 1. The van der Waals surface area contributed by atoms with Gasteiger partial charge in [0.1, 0.15) is 0 Å². The Labute approximate surface area is 131 Å². The summed E-state index contributed by atoms with van der Waals surface area (Å²) >= 11 is 7.09. The van der Waals surface area contributed by atoms with Crippen LogP contribution in [0.2, 0.25) is 0 Å². The molecule has 2 rings (SSSR count). The quantitative estimate of drug-likeness (QED) is 0.787. The largest absolute Gasteiger partial charge is 0.316 e. The van der Waals surface area contributed by atoms with E-state index in [-0.39, 0.29) is 0 Å². The fourth-order valence-corrected chi connectivity index (χ4v) is 3.80. The molecule has 2 aromatic rings. The van der Waals surface area contributed by atoms with Gasteiger partial charge in [-0.1, -0.05) is 15.9 Å². The lowest BCUT2D eigenvalue weighted by Gasteiger charge is -2.14. The molecular weight excluding hydrogens is 340 g/mol. The van der Waals surface area contributed by atoms with E-state index in [1.165, 1.54) is 9.90 Å². The zero-order valence-corrected chi connectivity index (χ0v) is 14.2. The maximum atomic E-state index is 4.53. The number of nitrogens with zero attached hydrogens (tertiary/aromatic N) is 1. The van der Waals surface area contributed by atoms with Crippen LogP contribution in [0, 0.1) is 6.92 Å². The number of nitrogens with one attached hydrogen (secondary N) is 1. The van der Waals surface area contributed by atoms with Gasteiger partial charge in [-0.2, -0.15) is 0 Å². The molecule has 0 saturated carbocycles. The number of benzene rings is 1. The number of hydrogen-bond donors (Lipinski definition) is 1. The van der Waals surface area contributed by atoms with Crippen LogP contribution in [0.25, 0.3) is 0 Å². The highest BCUT2D eigenvalue weighted by atomic mass is 79.9. The monoisotopic (exact) mass is 356 g/mol. The zero-order chi connectivity index (χ0) is 13.7. The van der Waals surface area contributed by atoms with Crippen molar-refractivity contribution in [2.75, 3.05) is 12.8 Å². The smallest absolute Gasteiger partial charge is 0.0943 e. The summed E-state index contributed by atoms with van der Waals surface area (Å²) in [7, 11) is 2.02. The Morgan fingerprint density at radius 1 is 1.37 bits per heavy atom. The second kappa shape index (κ2) is 7.43. The Morgan fingerprint density at radius 3 is 2.68 bits per heavy atom. The van der Waals surface area contributed by atoms with E-state index in [1.54, 1.807) is 11.3 Å². The molecule has 0 aliphatic carbocycles. The Hall–Kier alpha value is -0.360. The standard InChI is InChI=1S/C14H17BrN2S2/c1-10-8-19-14(17-10)7-12(16-2)9-18-13-5-3-11(15)4-6-13/h3-6,8,12,16H,7,9H2,1-2H3. The summed E-state index contributed by atoms with van der Waals surface area (Å²) < 4.78 is 1.13. The van der Waals surface area contributed by atoms with Crippen molar-refractivity contribution in [3.63, 3.8) is 0 Å². The van der Waals surface area contributed by atoms with Gasteiger partial charge in [-0.15, -0.1) is 23.1 Å². The minimum atomic E-state index is 0.458. The van der Waals surface area contributed by atoms with Crippen LogP contribution in [0.1, 0.15) is 10.7 Å². The van der Waals surface area contributed by atoms with Gasteiger partial charge >= 0.3 is 0 Å². The van der Waals surface area contributed by atoms with Crippen LogP contribution in [0.4, 0.5) is 0 Å². The molecule has 0 aliphatic heterocycles. The Kier molecular flexibility index (Phi) is 5.88. The Bertz CT molecular complexity index is 510. The molecule has 19 heavy (non-hydrogen) atoms. The van der Waals surface area contributed by atoms with Crippen LogP contribution in [-0.2, 0) is 6.42 Å². The van der Waals surface area contributed by atoms with Crippen molar-refractivity contribution >= 4 is 39.0 Å². The lowest BCUT2D eigenvalue weighted by molar-refractivity contribution is 0.615. The van der Waals surface area contributed by atoms with E-state index >= 15 is 0 Å². The summed E-state index contributed by atoms with van der Waals surface area (Å²) in [6, 6.07) is 8.92. The topological polar surface area (TPSA) is 24.9 Å². The summed E-state index contributed by atoms with van der Waals surface area (Å²) in [4.78, 5) is 5.83. The fraction of sp³-hybridized carbons (Fsp3) is 0.357. The highest BCUT2D eigenvalue weighted by molar-refractivity contribution is 9.10. The molecule has 102 valence electrons. The summed E-state index contributed by atoms with van der Waals surface area (Å²) in [5.74, 6) is 1.05. The molecule has 1 N–H and O–H groups in total. The van der Waals surface area contributed by atoms with Crippen LogP contribution >= 0.6 is 39.0 Å². The highest BCUT2D eigenvalue weighted by Gasteiger charge is 2.10. The molecule has 1 atom stereocenters. The van der Waals surface area contributed by atoms with Gasteiger partial charge in [-0.3, -0.25) is 0 Å². The first-order valence-electron chi connectivity index (χ1n) is 6.14. The van der Waals surface area contributed by atoms with E-state index in [0.29, 0.717) is 6.04 Å². The summed E-state index contributed by atoms with van der Waals surface area (Å²) in [6.07, 6.45) is 0.999. The average molecular weight is 357 g/mol. The first kappa shape index (κ1) is 15.0. The second-order valence-electron chi connectivity index (χ2n) is 4.34. The van der Waals surface area contributed by atoms with Crippen molar-refractivity contribution in [3.8, 4) is 0 Å². The van der Waals surface area contributed by atoms with Crippen LogP contribution in [0.3, 0.4) is 0 Å². The summed E-state index contributed by atoms with van der Waals surface area (Å²) in [6.45, 7) is 2.05. The molecular formula is C14H17BrN2S2. The molecule has 2 nitrogen and oxygen atoms in total. The molecule has 1 aromatic carbocycles. The van der Waals surface area contributed by atoms with E-state index in [9.17, 15) is 0 Å². The molecule has 0 amide bonds. The van der Waals surface area contributed by atoms with Gasteiger partial charge in [-0.25, -0.2) is 4.98 Å². The number of thioether (sulfide) groups is 1. The van der Waals surface area contributed by atoms with Crippen molar-refractivity contribution in [2.24, 2.45) is 0 Å². The highest BCUT2D eigenvalue weighted by Crippen LogP contribution is 2.22. The molecule has 0 bridgehead atoms. The third kappa shape index (κ3) is 4.91. The first-order valence-corrected chi connectivity index (χ1v) is 8.80. The number of hydrogen-bond acceptors (Lipinski definition) is 4. The maximum Gasteiger partial charge on any atom is 0.0943 e. The summed E-state index contributed by atoms with van der Waals surface area (Å²) in [5, 5.41) is 6.71. The van der Waals surface area contributed by atoms with Crippen LogP contribution in [0.15, 0.2) is 39.0 Å². The average Bonchev–Trinajstić information content (AvgIpc) is 2.82. The van der Waals surface area contributed by atoms with Crippen molar-refractivity contribution < 1.29 is 0 Å². The molecule has 0 fully saturated rings. The molecule has 1 heterocycles.